The van der Waals surface area contributed by atoms with Gasteiger partial charge in [-0.05, 0) is 26.2 Å². The Morgan fingerprint density at radius 1 is 1.53 bits per heavy atom. The molecule has 0 saturated carbocycles. The van der Waals surface area contributed by atoms with Crippen molar-refractivity contribution in [3.8, 4) is 6.07 Å². The second-order valence-electron chi connectivity index (χ2n) is 4.53. The molecule has 0 radical (unpaired) electrons. The van der Waals surface area contributed by atoms with Gasteiger partial charge < -0.3 is 9.26 Å². The molecule has 17 heavy (non-hydrogen) atoms. The summed E-state index contributed by atoms with van der Waals surface area (Å²) in [5, 5.41) is 12.6. The minimum Gasteiger partial charge on any atom is -0.378 e. The Morgan fingerprint density at radius 3 is 3.12 bits per heavy atom. The van der Waals surface area contributed by atoms with Gasteiger partial charge in [-0.15, -0.1) is 0 Å². The summed E-state index contributed by atoms with van der Waals surface area (Å²) in [6, 6.07) is 2.15. The fourth-order valence-corrected chi connectivity index (χ4v) is 1.94. The molecule has 2 rings (SSSR count). The molecule has 1 saturated heterocycles. The third-order valence-corrected chi connectivity index (χ3v) is 2.90. The molecule has 2 atom stereocenters. The van der Waals surface area contributed by atoms with E-state index in [2.05, 4.69) is 16.2 Å². The van der Waals surface area contributed by atoms with Crippen LogP contribution in [0.4, 0.5) is 0 Å². The van der Waals surface area contributed by atoms with Crippen LogP contribution in [0.1, 0.15) is 37.9 Å². The van der Waals surface area contributed by atoms with Gasteiger partial charge in [-0.1, -0.05) is 5.16 Å². The summed E-state index contributed by atoms with van der Waals surface area (Å²) >= 11 is 0. The molecule has 0 aromatic carbocycles. The first-order valence-electron chi connectivity index (χ1n) is 6.10. The van der Waals surface area contributed by atoms with Crippen LogP contribution in [0.15, 0.2) is 4.52 Å². The molecule has 2 unspecified atom stereocenters. The summed E-state index contributed by atoms with van der Waals surface area (Å²) in [5.41, 5.74) is 0. The van der Waals surface area contributed by atoms with Gasteiger partial charge >= 0.3 is 0 Å². The number of nitrogens with zero attached hydrogens (tertiary/aromatic N) is 3. The van der Waals surface area contributed by atoms with Crippen molar-refractivity contribution in [2.45, 2.75) is 45.1 Å². The maximum atomic E-state index is 8.70. The van der Waals surface area contributed by atoms with Crippen LogP contribution in [0, 0.1) is 17.2 Å². The lowest BCUT2D eigenvalue weighted by Crippen LogP contribution is -2.21. The third-order valence-electron chi connectivity index (χ3n) is 2.90. The van der Waals surface area contributed by atoms with Gasteiger partial charge in [-0.2, -0.15) is 10.2 Å². The van der Waals surface area contributed by atoms with Crippen LogP contribution in [0.3, 0.4) is 0 Å². The molecule has 0 amide bonds. The largest absolute Gasteiger partial charge is 0.378 e. The smallest absolute Gasteiger partial charge is 0.227 e. The van der Waals surface area contributed by atoms with Gasteiger partial charge in [-0.3, -0.25) is 0 Å². The highest BCUT2D eigenvalue weighted by molar-refractivity contribution is 4.93. The number of nitriles is 1. The van der Waals surface area contributed by atoms with Gasteiger partial charge in [0.1, 0.15) is 0 Å². The molecule has 92 valence electrons. The van der Waals surface area contributed by atoms with Crippen LogP contribution in [0.5, 0.6) is 0 Å². The average Bonchev–Trinajstić information content (AvgIpc) is 2.77. The van der Waals surface area contributed by atoms with Gasteiger partial charge in [-0.25, -0.2) is 0 Å². The lowest BCUT2D eigenvalue weighted by atomic mass is 10.1. The Kier molecular flexibility index (Phi) is 4.10. The second-order valence-corrected chi connectivity index (χ2v) is 4.53. The lowest BCUT2D eigenvalue weighted by molar-refractivity contribution is 0.0153. The highest BCUT2D eigenvalue weighted by Gasteiger charge is 2.18. The van der Waals surface area contributed by atoms with Crippen LogP contribution in [-0.2, 0) is 17.6 Å². The van der Waals surface area contributed by atoms with E-state index in [-0.39, 0.29) is 12.0 Å². The van der Waals surface area contributed by atoms with Gasteiger partial charge in [0.15, 0.2) is 5.82 Å². The first-order chi connectivity index (χ1) is 8.28. The van der Waals surface area contributed by atoms with Gasteiger partial charge in [0, 0.05) is 19.4 Å². The van der Waals surface area contributed by atoms with Crippen LogP contribution < -0.4 is 0 Å². The van der Waals surface area contributed by atoms with E-state index >= 15 is 0 Å². The Morgan fingerprint density at radius 2 is 2.41 bits per heavy atom. The SMILES string of the molecule is CC(C#N)Cc1nc(CC2CCCCO2)no1. The first-order valence-corrected chi connectivity index (χ1v) is 6.10. The quantitative estimate of drug-likeness (QED) is 0.796. The maximum absolute atomic E-state index is 8.70. The van der Waals surface area contributed by atoms with Crippen molar-refractivity contribution in [3.05, 3.63) is 11.7 Å². The zero-order chi connectivity index (χ0) is 12.1. The van der Waals surface area contributed by atoms with Crippen molar-refractivity contribution in [3.63, 3.8) is 0 Å². The van der Waals surface area contributed by atoms with E-state index in [4.69, 9.17) is 14.5 Å². The second kappa shape index (κ2) is 5.78. The number of ether oxygens (including phenoxy) is 1. The molecule has 1 aliphatic rings. The van der Waals surface area contributed by atoms with E-state index in [1.165, 1.54) is 6.42 Å². The Labute approximate surface area is 101 Å². The molecular weight excluding hydrogens is 218 g/mol. The van der Waals surface area contributed by atoms with Crippen LogP contribution in [0.25, 0.3) is 0 Å². The Hall–Kier alpha value is -1.41. The molecular formula is C12H17N3O2. The normalized spacial score (nSPS) is 22.0. The summed E-state index contributed by atoms with van der Waals surface area (Å²) < 4.78 is 10.7. The molecule has 1 aromatic heterocycles. The molecule has 2 heterocycles. The van der Waals surface area contributed by atoms with Crippen molar-refractivity contribution >= 4 is 0 Å². The van der Waals surface area contributed by atoms with Crippen LogP contribution in [-0.4, -0.2) is 22.9 Å². The van der Waals surface area contributed by atoms with E-state index in [0.29, 0.717) is 24.6 Å². The predicted molar refractivity (Wildman–Crippen MR) is 60.1 cm³/mol. The van der Waals surface area contributed by atoms with E-state index in [1.807, 2.05) is 6.92 Å². The van der Waals surface area contributed by atoms with Crippen molar-refractivity contribution in [2.24, 2.45) is 5.92 Å². The fraction of sp³-hybridized carbons (Fsp3) is 0.750. The monoisotopic (exact) mass is 235 g/mol. The minimum absolute atomic E-state index is 0.0887. The summed E-state index contributed by atoms with van der Waals surface area (Å²) in [5.74, 6) is 1.15. The van der Waals surface area contributed by atoms with Crippen molar-refractivity contribution in [1.82, 2.24) is 10.1 Å². The third kappa shape index (κ3) is 3.53. The lowest BCUT2D eigenvalue weighted by Gasteiger charge is -2.20. The zero-order valence-corrected chi connectivity index (χ0v) is 10.1. The van der Waals surface area contributed by atoms with Gasteiger partial charge in [0.05, 0.1) is 18.1 Å². The standard InChI is InChI=1S/C12H17N3O2/c1-9(8-13)6-12-14-11(15-17-12)7-10-4-2-3-5-16-10/h9-10H,2-7H2,1H3. The summed E-state index contributed by atoms with van der Waals surface area (Å²) in [4.78, 5) is 4.28. The highest BCUT2D eigenvalue weighted by Crippen LogP contribution is 2.16. The van der Waals surface area contributed by atoms with E-state index in [9.17, 15) is 0 Å². The molecule has 5 nitrogen and oxygen atoms in total. The number of aromatic nitrogens is 2. The fourth-order valence-electron chi connectivity index (χ4n) is 1.94. The molecule has 1 aromatic rings. The number of hydrogen-bond acceptors (Lipinski definition) is 5. The van der Waals surface area contributed by atoms with Crippen LogP contribution in [0.2, 0.25) is 0 Å². The Bertz CT molecular complexity index is 391. The van der Waals surface area contributed by atoms with Crippen LogP contribution >= 0.6 is 0 Å². The average molecular weight is 235 g/mol. The van der Waals surface area contributed by atoms with Crippen molar-refractivity contribution in [1.29, 1.82) is 5.26 Å². The van der Waals surface area contributed by atoms with E-state index in [0.717, 1.165) is 19.4 Å². The molecule has 0 spiro atoms. The van der Waals surface area contributed by atoms with Gasteiger partial charge in [0.25, 0.3) is 0 Å². The van der Waals surface area contributed by atoms with Gasteiger partial charge in [0.2, 0.25) is 5.89 Å². The number of rotatable bonds is 4. The molecule has 0 aliphatic carbocycles. The maximum Gasteiger partial charge on any atom is 0.227 e. The highest BCUT2D eigenvalue weighted by atomic mass is 16.5. The zero-order valence-electron chi connectivity index (χ0n) is 10.1. The summed E-state index contributed by atoms with van der Waals surface area (Å²) in [6.07, 6.45) is 4.88. The van der Waals surface area contributed by atoms with E-state index < -0.39 is 0 Å². The summed E-state index contributed by atoms with van der Waals surface area (Å²) in [6.45, 7) is 2.68. The minimum atomic E-state index is -0.0887. The predicted octanol–water partition coefficient (Wildman–Crippen LogP) is 1.88. The number of hydrogen-bond donors (Lipinski definition) is 0. The molecule has 1 fully saturated rings. The Balaban J connectivity index is 1.87. The van der Waals surface area contributed by atoms with Crippen molar-refractivity contribution in [2.75, 3.05) is 6.61 Å². The topological polar surface area (TPSA) is 71.9 Å². The van der Waals surface area contributed by atoms with Crippen molar-refractivity contribution < 1.29 is 9.26 Å². The van der Waals surface area contributed by atoms with E-state index in [1.54, 1.807) is 0 Å². The molecule has 0 bridgehead atoms. The molecule has 1 aliphatic heterocycles. The molecule has 0 N–H and O–H groups in total. The summed E-state index contributed by atoms with van der Waals surface area (Å²) in [7, 11) is 0. The first kappa shape index (κ1) is 12.1. The molecule has 5 heteroatoms.